The summed E-state index contributed by atoms with van der Waals surface area (Å²) in [6.07, 6.45) is 8.92. The third-order valence-electron chi connectivity index (χ3n) is 7.96. The van der Waals surface area contributed by atoms with E-state index in [4.69, 9.17) is 4.52 Å². The van der Waals surface area contributed by atoms with E-state index in [1.165, 1.54) is 53.5 Å². The molecule has 0 fully saturated rings. The highest BCUT2D eigenvalue weighted by Crippen LogP contribution is 2.57. The monoisotopic (exact) mass is 486 g/mol. The van der Waals surface area contributed by atoms with Crippen LogP contribution in [-0.2, 0) is 5.41 Å². The van der Waals surface area contributed by atoms with Gasteiger partial charge < -0.3 is 4.52 Å². The van der Waals surface area contributed by atoms with Crippen LogP contribution in [0.3, 0.4) is 0 Å². The van der Waals surface area contributed by atoms with E-state index in [2.05, 4.69) is 108 Å². The lowest BCUT2D eigenvalue weighted by molar-refractivity contribution is 0.257. The van der Waals surface area contributed by atoms with Gasteiger partial charge in [-0.2, -0.15) is 0 Å². The zero-order valence-corrected chi connectivity index (χ0v) is 23.8. The average molecular weight is 487 g/mol. The molecule has 194 valence electrons. The summed E-state index contributed by atoms with van der Waals surface area (Å²) in [6, 6.07) is 15.8. The van der Waals surface area contributed by atoms with Crippen molar-refractivity contribution < 1.29 is 4.52 Å². The molecule has 1 aliphatic carbocycles. The summed E-state index contributed by atoms with van der Waals surface area (Å²) in [5.74, 6) is 1.34. The van der Waals surface area contributed by atoms with Crippen molar-refractivity contribution in [3.63, 3.8) is 0 Å². The predicted molar refractivity (Wildman–Crippen MR) is 151 cm³/mol. The van der Waals surface area contributed by atoms with Crippen LogP contribution in [0.5, 0.6) is 0 Å². The molecular weight excluding hydrogens is 440 g/mol. The molecule has 0 aliphatic heterocycles. The molecule has 0 bridgehead atoms. The molecule has 2 unspecified atom stereocenters. The number of aromatic nitrogens is 2. The van der Waals surface area contributed by atoms with Crippen molar-refractivity contribution in [2.75, 3.05) is 0 Å². The molecule has 1 heterocycles. The summed E-state index contributed by atoms with van der Waals surface area (Å²) in [5, 5.41) is 8.19. The van der Waals surface area contributed by atoms with Crippen LogP contribution < -0.4 is 0 Å². The van der Waals surface area contributed by atoms with Crippen LogP contribution in [0.1, 0.15) is 105 Å². The van der Waals surface area contributed by atoms with Gasteiger partial charge >= 0.3 is 0 Å². The molecule has 0 saturated carbocycles. The normalized spacial score (nSPS) is 19.1. The molecule has 3 nitrogen and oxygen atoms in total. The minimum absolute atomic E-state index is 0.0280. The van der Waals surface area contributed by atoms with Crippen molar-refractivity contribution >= 4 is 0 Å². The topological polar surface area (TPSA) is 38.9 Å². The van der Waals surface area contributed by atoms with E-state index < -0.39 is 0 Å². The van der Waals surface area contributed by atoms with Crippen LogP contribution in [0, 0.1) is 22.7 Å². The summed E-state index contributed by atoms with van der Waals surface area (Å²) >= 11 is 0. The zero-order chi connectivity index (χ0) is 26.1. The van der Waals surface area contributed by atoms with Crippen LogP contribution in [-0.4, -0.2) is 10.4 Å². The van der Waals surface area contributed by atoms with Crippen LogP contribution in [0.2, 0.25) is 0 Å². The van der Waals surface area contributed by atoms with E-state index in [-0.39, 0.29) is 5.41 Å². The quantitative estimate of drug-likeness (QED) is 0.302. The van der Waals surface area contributed by atoms with Crippen LogP contribution >= 0.6 is 0 Å². The third kappa shape index (κ3) is 5.76. The molecule has 2 atom stereocenters. The highest BCUT2D eigenvalue weighted by Gasteiger charge is 2.45. The smallest absolute Gasteiger partial charge is 0.152 e. The standard InChI is InChI=1S/C33H46N2O/c1-23(20-31(3,4)5)16-18-33(19-17-24(2)21-32(6,7)8)28-15-10-9-12-25(28)26-13-11-14-27(30(26)33)29-22-36-35-34-29/h9-15,22-24H,16-21H2,1-8H3. The third-order valence-corrected chi connectivity index (χ3v) is 7.96. The number of rotatable bonds is 9. The molecule has 3 heteroatoms. The fourth-order valence-corrected chi connectivity index (χ4v) is 6.98. The van der Waals surface area contributed by atoms with Crippen molar-refractivity contribution in [1.29, 1.82) is 0 Å². The first-order valence-corrected chi connectivity index (χ1v) is 13.9. The second-order valence-electron chi connectivity index (χ2n) is 14.0. The minimum Gasteiger partial charge on any atom is -0.345 e. The predicted octanol–water partition coefficient (Wildman–Crippen LogP) is 9.71. The molecule has 3 aromatic rings. The Morgan fingerprint density at radius 2 is 1.31 bits per heavy atom. The fourth-order valence-electron chi connectivity index (χ4n) is 6.98. The van der Waals surface area contributed by atoms with Gasteiger partial charge in [-0.15, -0.1) is 5.10 Å². The summed E-state index contributed by atoms with van der Waals surface area (Å²) in [4.78, 5) is 0. The fraction of sp³-hybridized carbons (Fsp3) is 0.576. The maximum atomic E-state index is 5.22. The highest BCUT2D eigenvalue weighted by molar-refractivity contribution is 5.87. The summed E-state index contributed by atoms with van der Waals surface area (Å²) in [6.45, 7) is 19.1. The average Bonchev–Trinajstić information content (AvgIpc) is 3.40. The highest BCUT2D eigenvalue weighted by atomic mass is 16.5. The molecule has 0 N–H and O–H groups in total. The molecule has 4 rings (SSSR count). The number of nitrogens with zero attached hydrogens (tertiary/aromatic N) is 2. The molecule has 1 aromatic heterocycles. The maximum absolute atomic E-state index is 5.22. The Morgan fingerprint density at radius 3 is 1.86 bits per heavy atom. The number of hydrogen-bond donors (Lipinski definition) is 0. The van der Waals surface area contributed by atoms with E-state index in [0.29, 0.717) is 22.7 Å². The van der Waals surface area contributed by atoms with Gasteiger partial charge in [-0.25, -0.2) is 0 Å². The maximum Gasteiger partial charge on any atom is 0.152 e. The number of hydrogen-bond acceptors (Lipinski definition) is 3. The van der Waals surface area contributed by atoms with Gasteiger partial charge in [0, 0.05) is 16.2 Å². The molecule has 0 radical (unpaired) electrons. The Bertz CT molecular complexity index is 1120. The van der Waals surface area contributed by atoms with Gasteiger partial charge in [-0.1, -0.05) is 97.9 Å². The van der Waals surface area contributed by atoms with Crippen LogP contribution in [0.25, 0.3) is 22.4 Å². The van der Waals surface area contributed by atoms with Crippen molar-refractivity contribution in [2.24, 2.45) is 22.7 Å². The van der Waals surface area contributed by atoms with Gasteiger partial charge in [-0.05, 0) is 83.4 Å². The van der Waals surface area contributed by atoms with Crippen molar-refractivity contribution in [1.82, 2.24) is 10.4 Å². The first kappa shape index (κ1) is 26.6. The van der Waals surface area contributed by atoms with Crippen LogP contribution in [0.15, 0.2) is 53.3 Å². The molecule has 36 heavy (non-hydrogen) atoms. The first-order chi connectivity index (χ1) is 16.9. The molecule has 1 aliphatic rings. The lowest BCUT2D eigenvalue weighted by atomic mass is 9.67. The number of benzene rings is 2. The van der Waals surface area contributed by atoms with E-state index >= 15 is 0 Å². The Kier molecular flexibility index (Phi) is 7.51. The van der Waals surface area contributed by atoms with Gasteiger partial charge in [0.2, 0.25) is 0 Å². The Morgan fingerprint density at radius 1 is 0.750 bits per heavy atom. The SMILES string of the molecule is CC(CCC1(CCC(C)CC(C)(C)C)c2ccccc2-c2cccc(-c3conn3)c21)CC(C)(C)C. The van der Waals surface area contributed by atoms with Gasteiger partial charge in [0.1, 0.15) is 5.69 Å². The summed E-state index contributed by atoms with van der Waals surface area (Å²) in [5.41, 5.74) is 8.36. The minimum atomic E-state index is -0.0280. The van der Waals surface area contributed by atoms with E-state index in [1.807, 2.05) is 0 Å². The van der Waals surface area contributed by atoms with Crippen molar-refractivity contribution in [3.05, 3.63) is 59.9 Å². The lowest BCUT2D eigenvalue weighted by Gasteiger charge is -2.36. The molecule has 0 spiro atoms. The Labute approximate surface area is 219 Å². The van der Waals surface area contributed by atoms with E-state index in [1.54, 1.807) is 6.26 Å². The van der Waals surface area contributed by atoms with Crippen molar-refractivity contribution in [2.45, 2.75) is 99.3 Å². The van der Waals surface area contributed by atoms with E-state index in [9.17, 15) is 0 Å². The largest absolute Gasteiger partial charge is 0.345 e. The summed E-state index contributed by atoms with van der Waals surface area (Å²) < 4.78 is 5.22. The Hall–Kier alpha value is -2.42. The summed E-state index contributed by atoms with van der Waals surface area (Å²) in [7, 11) is 0. The molecule has 0 amide bonds. The van der Waals surface area contributed by atoms with Crippen LogP contribution in [0.4, 0.5) is 0 Å². The second-order valence-corrected chi connectivity index (χ2v) is 14.0. The van der Waals surface area contributed by atoms with Gasteiger partial charge in [0.05, 0.1) is 0 Å². The second kappa shape index (κ2) is 10.1. The lowest BCUT2D eigenvalue weighted by Crippen LogP contribution is -2.28. The molecular formula is C33H46N2O. The number of fused-ring (bicyclic) bond motifs is 3. The molecule has 2 aromatic carbocycles. The van der Waals surface area contributed by atoms with Gasteiger partial charge in [0.15, 0.2) is 6.26 Å². The van der Waals surface area contributed by atoms with Gasteiger partial charge in [0.25, 0.3) is 0 Å². The van der Waals surface area contributed by atoms with Crippen molar-refractivity contribution in [3.8, 4) is 22.4 Å². The van der Waals surface area contributed by atoms with Gasteiger partial charge in [-0.3, -0.25) is 0 Å². The molecule has 0 saturated heterocycles. The van der Waals surface area contributed by atoms with E-state index in [0.717, 1.165) is 18.5 Å². The first-order valence-electron chi connectivity index (χ1n) is 13.9. The Balaban J connectivity index is 1.81. The zero-order valence-electron chi connectivity index (χ0n) is 23.8.